The monoisotopic (exact) mass is 1440 g/mol. The number of aliphatic imine (C=N–C) groups is 1. The van der Waals surface area contributed by atoms with Crippen LogP contribution in [0.1, 0.15) is 150 Å². The van der Waals surface area contributed by atoms with E-state index in [1.807, 2.05) is 27.7 Å². The molecular weight excluding hydrogens is 1330 g/mol. The molecule has 0 spiro atoms. The number of primary amides is 1. The molecule has 11 amide bonds. The molecule has 3 rings (SSSR count). The molecule has 0 fully saturated rings. The average Bonchev–Trinajstić information content (AvgIpc) is 1.76. The van der Waals surface area contributed by atoms with Crippen LogP contribution in [0.4, 0.5) is 0 Å². The number of aromatic amines is 1. The molecule has 562 valence electrons. The van der Waals surface area contributed by atoms with Crippen molar-refractivity contribution < 1.29 is 82.4 Å². The summed E-state index contributed by atoms with van der Waals surface area (Å²) in [5.41, 5.74) is 24.2. The van der Waals surface area contributed by atoms with E-state index in [2.05, 4.69) is 68.1 Å². The summed E-state index contributed by atoms with van der Waals surface area (Å²) in [5.74, 6) is -15.2. The number of carbonyl (C=O) groups excluding carboxylic acids is 11. The van der Waals surface area contributed by atoms with Crippen molar-refractivity contribution in [3.05, 3.63) is 54.1 Å². The zero-order valence-electron chi connectivity index (χ0n) is 58.7. The van der Waals surface area contributed by atoms with E-state index in [1.54, 1.807) is 58.0 Å². The highest BCUT2D eigenvalue weighted by Gasteiger charge is 2.39. The van der Waals surface area contributed by atoms with Gasteiger partial charge in [-0.3, -0.25) is 67.3 Å². The van der Waals surface area contributed by atoms with E-state index in [0.29, 0.717) is 16.3 Å². The number of nitrogens with two attached hydrogens (primary N) is 4. The summed E-state index contributed by atoms with van der Waals surface area (Å²) in [6.07, 6.45) is 1.06. The molecule has 101 heavy (non-hydrogen) atoms. The minimum atomic E-state index is -1.90. The van der Waals surface area contributed by atoms with Crippen LogP contribution in [0.25, 0.3) is 0 Å². The van der Waals surface area contributed by atoms with Crippen LogP contribution in [0.5, 0.6) is 0 Å². The van der Waals surface area contributed by atoms with E-state index >= 15 is 0 Å². The Morgan fingerprint density at radius 1 is 0.564 bits per heavy atom. The summed E-state index contributed by atoms with van der Waals surface area (Å²) in [6.45, 7) is 14.2. The Bertz CT molecular complexity index is 3140. The van der Waals surface area contributed by atoms with Gasteiger partial charge in [0.15, 0.2) is 0 Å². The lowest BCUT2D eigenvalue weighted by molar-refractivity contribution is -0.147. The van der Waals surface area contributed by atoms with Gasteiger partial charge in [0.2, 0.25) is 65.0 Å². The third-order valence-electron chi connectivity index (χ3n) is 17.2. The van der Waals surface area contributed by atoms with Gasteiger partial charge in [0.05, 0.1) is 36.3 Å². The lowest BCUT2D eigenvalue weighted by atomic mass is 9.96. The number of hydrogen-bond acceptors (Lipinski definition) is 20. The second-order valence-electron chi connectivity index (χ2n) is 25.8. The molecular formula is C66H105N17O17S. The van der Waals surface area contributed by atoms with Gasteiger partial charge in [0.1, 0.15) is 60.4 Å². The van der Waals surface area contributed by atoms with E-state index in [9.17, 15) is 82.4 Å². The third-order valence-corrected chi connectivity index (χ3v) is 18.3. The second-order valence-corrected chi connectivity index (χ2v) is 26.9. The molecule has 0 saturated carbocycles. The number of nitrogens with one attached hydrogen (secondary N) is 11. The zero-order valence-corrected chi connectivity index (χ0v) is 59.5. The van der Waals surface area contributed by atoms with Crippen LogP contribution in [0.15, 0.2) is 47.8 Å². The molecule has 2 heterocycles. The topological polar surface area (TPSA) is 565 Å². The van der Waals surface area contributed by atoms with Crippen LogP contribution in [0.2, 0.25) is 0 Å². The normalized spacial score (nSPS) is 16.9. The van der Waals surface area contributed by atoms with Crippen LogP contribution >= 0.6 is 11.8 Å². The molecule has 1 aliphatic rings. The maximum atomic E-state index is 14.8. The number of rotatable bonds is 48. The number of hydrogen-bond donors (Lipinski definition) is 18. The van der Waals surface area contributed by atoms with Crippen LogP contribution in [-0.2, 0) is 80.0 Å². The predicted molar refractivity (Wildman–Crippen MR) is 373 cm³/mol. The highest BCUT2D eigenvalue weighted by atomic mass is 32.2. The molecule has 22 N–H and O–H groups in total. The number of carboxylic acids is 3. The van der Waals surface area contributed by atoms with Crippen molar-refractivity contribution in [2.24, 2.45) is 51.6 Å². The summed E-state index contributed by atoms with van der Waals surface area (Å²) >= 11 is 1.35. The van der Waals surface area contributed by atoms with Crippen LogP contribution < -0.4 is 76.1 Å². The van der Waals surface area contributed by atoms with Gasteiger partial charge in [-0.15, -0.1) is 11.8 Å². The first-order valence-electron chi connectivity index (χ1n) is 34.1. The number of carboxylic acid groups (broad SMARTS) is 3. The number of nitrogens with zero attached hydrogens (tertiary/aromatic N) is 2. The summed E-state index contributed by atoms with van der Waals surface area (Å²) in [7, 11) is 0. The first kappa shape index (κ1) is 86.1. The lowest BCUT2D eigenvalue weighted by Crippen LogP contribution is -2.62. The number of thioether (sulfide) groups is 1. The number of aromatic nitrogens is 2. The van der Waals surface area contributed by atoms with Crippen molar-refractivity contribution in [2.45, 2.75) is 224 Å². The predicted octanol–water partition coefficient (Wildman–Crippen LogP) is -1.76. The maximum Gasteiger partial charge on any atom is 0.326 e. The van der Waals surface area contributed by atoms with Crippen molar-refractivity contribution in [2.75, 3.05) is 18.8 Å². The summed E-state index contributed by atoms with van der Waals surface area (Å²) in [5, 5.41) is 55.6. The van der Waals surface area contributed by atoms with Crippen molar-refractivity contribution in [3.63, 3.8) is 0 Å². The highest BCUT2D eigenvalue weighted by Crippen LogP contribution is 2.25. The average molecular weight is 1440 g/mol. The number of amides is 11. The van der Waals surface area contributed by atoms with Crippen molar-refractivity contribution in [3.8, 4) is 0 Å². The molecule has 1 aliphatic heterocycles. The van der Waals surface area contributed by atoms with E-state index < -0.39 is 193 Å². The smallest absolute Gasteiger partial charge is 0.326 e. The molecule has 34 nitrogen and oxygen atoms in total. The fourth-order valence-corrected chi connectivity index (χ4v) is 11.7. The minimum Gasteiger partial charge on any atom is -0.481 e. The fraction of sp³-hybridized carbons (Fsp3) is 0.636. The van der Waals surface area contributed by atoms with E-state index in [-0.39, 0.29) is 94.9 Å². The number of aliphatic carboxylic acids is 3. The van der Waals surface area contributed by atoms with Crippen molar-refractivity contribution in [1.29, 1.82) is 0 Å². The Morgan fingerprint density at radius 2 is 1.06 bits per heavy atom. The minimum absolute atomic E-state index is 0.0110. The molecule has 2 aromatic rings. The molecule has 0 saturated heterocycles. The summed E-state index contributed by atoms with van der Waals surface area (Å²) in [4.78, 5) is 201. The van der Waals surface area contributed by atoms with Crippen molar-refractivity contribution >= 4 is 99.7 Å². The third kappa shape index (κ3) is 30.3. The van der Waals surface area contributed by atoms with Gasteiger partial charge in [-0.05, 0) is 80.7 Å². The van der Waals surface area contributed by atoms with Gasteiger partial charge >= 0.3 is 17.9 Å². The standard InChI is InChI=1S/C66H105N17O17S/c1-9-35(6)52(70)65-81-48(32-101-65)62(96)77-44(26-34(4)5)59(93)75-43(22-23-50(85)86)58(92)83-53(36(7)10-2)63(97)76-41(20-15-16-25-72-55(89)40(68)29-49(69)84)56(90)74-42(21-17-24-67)57(91)82-54(37(8)11-3)64(98)79-45(27-38-18-13-12-14-19-38)60(94)78-46(28-39-31-71-33-73-39)61(95)80-47(66(99)100)30-51(87)88/h12-14,18-19,31,33-37,40-48,52-54H,9-11,15-17,20-30,32,67-68,70H2,1-8H3,(H2,69,84)(H,71,73)(H,72,89)(H,74,90)(H,75,93)(H,76,97)(H,77,96)(H,78,94)(H,79,98)(H,80,95)(H,82,91)(H,83,92)(H,85,86)(H,87,88)(H,99,100)/t35-,36-,37-,40-,41-,42+,43+,44-,45+,46-,47+,48-,52-,53-,54-/m0/s1. The Labute approximate surface area is 591 Å². The molecule has 1 aromatic carbocycles. The molecule has 0 radical (unpaired) electrons. The maximum absolute atomic E-state index is 14.8. The largest absolute Gasteiger partial charge is 0.481 e. The summed E-state index contributed by atoms with van der Waals surface area (Å²) in [6, 6.07) is -7.80. The van der Waals surface area contributed by atoms with Gasteiger partial charge in [-0.1, -0.05) is 105 Å². The molecule has 15 atom stereocenters. The Kier molecular flexibility index (Phi) is 37.7. The summed E-state index contributed by atoms with van der Waals surface area (Å²) < 4.78 is 0. The number of H-pyrrole nitrogens is 1. The van der Waals surface area contributed by atoms with Crippen LogP contribution in [-0.4, -0.2) is 205 Å². The quantitative estimate of drug-likeness (QED) is 0.0326. The number of imidazole rings is 1. The first-order valence-corrected chi connectivity index (χ1v) is 35.1. The molecule has 0 unspecified atom stereocenters. The van der Waals surface area contributed by atoms with Gasteiger partial charge in [0, 0.05) is 43.5 Å². The van der Waals surface area contributed by atoms with Crippen LogP contribution in [0.3, 0.4) is 0 Å². The zero-order chi connectivity index (χ0) is 75.6. The van der Waals surface area contributed by atoms with E-state index in [4.69, 9.17) is 22.9 Å². The molecule has 0 aliphatic carbocycles. The number of benzene rings is 1. The van der Waals surface area contributed by atoms with Gasteiger partial charge in [-0.2, -0.15) is 0 Å². The van der Waals surface area contributed by atoms with Gasteiger partial charge in [-0.25, -0.2) is 9.78 Å². The van der Waals surface area contributed by atoms with E-state index in [1.165, 1.54) is 24.3 Å². The Hall–Kier alpha value is -9.09. The number of carbonyl (C=O) groups is 14. The second kappa shape index (κ2) is 44.2. The van der Waals surface area contributed by atoms with Crippen molar-refractivity contribution in [1.82, 2.24) is 63.1 Å². The first-order chi connectivity index (χ1) is 47.7. The van der Waals surface area contributed by atoms with Gasteiger partial charge < -0.3 is 96.4 Å². The van der Waals surface area contributed by atoms with E-state index in [0.717, 1.165) is 6.42 Å². The molecule has 35 heteroatoms. The van der Waals surface area contributed by atoms with Gasteiger partial charge in [0.25, 0.3) is 0 Å². The SMILES string of the molecule is CC[C@H](C)[C@H](N)C1=N[C@H](C(=O)N[C@@H](CC(C)C)C(=O)N[C@H](CCC(=O)O)C(=O)N[C@H](C(=O)N[C@@H](CCCCNC(=O)[C@@H](N)CC(N)=O)C(=O)N[C@H](CCCN)C(=O)N[C@H](C(=O)N[C@H](Cc2ccccc2)C(=O)N[C@@H](Cc2cnc[nH]2)C(=O)N[C@H](CC(=O)O)C(=O)O)[C@@H](C)CC)[C@@H](C)CC)CS1. The molecule has 1 aromatic heterocycles. The fourth-order valence-electron chi connectivity index (χ4n) is 10.5. The Balaban J connectivity index is 2.02. The highest BCUT2D eigenvalue weighted by molar-refractivity contribution is 8.14. The number of unbranched alkanes of at least 4 members (excludes halogenated alkanes) is 1. The van der Waals surface area contributed by atoms with Crippen LogP contribution in [0, 0.1) is 23.7 Å². The lowest BCUT2D eigenvalue weighted by Gasteiger charge is -2.30. The molecule has 0 bridgehead atoms. The Morgan fingerprint density at radius 3 is 1.56 bits per heavy atom.